The van der Waals surface area contributed by atoms with Crippen LogP contribution in [-0.2, 0) is 13.5 Å². The molecule has 0 spiro atoms. The molecule has 0 aliphatic carbocycles. The van der Waals surface area contributed by atoms with E-state index in [2.05, 4.69) is 5.10 Å². The molecule has 0 saturated heterocycles. The van der Waals surface area contributed by atoms with Crippen molar-refractivity contribution in [2.75, 3.05) is 6.61 Å². The van der Waals surface area contributed by atoms with Crippen LogP contribution in [-0.4, -0.2) is 28.0 Å². The van der Waals surface area contributed by atoms with Crippen LogP contribution in [0.15, 0.2) is 48.8 Å². The van der Waals surface area contributed by atoms with E-state index >= 15 is 0 Å². The van der Waals surface area contributed by atoms with E-state index in [0.29, 0.717) is 29.9 Å². The Labute approximate surface area is 168 Å². The van der Waals surface area contributed by atoms with Gasteiger partial charge < -0.3 is 4.74 Å². The number of rotatable bonds is 6. The lowest BCUT2D eigenvalue weighted by molar-refractivity contribution is 0.0985. The van der Waals surface area contributed by atoms with Gasteiger partial charge in [-0.15, -0.1) is 0 Å². The Bertz CT molecular complexity index is 1090. The van der Waals surface area contributed by atoms with Crippen LogP contribution in [0.2, 0.25) is 0 Å². The zero-order valence-electron chi connectivity index (χ0n) is 16.3. The lowest BCUT2D eigenvalue weighted by Gasteiger charge is -2.12. The van der Waals surface area contributed by atoms with E-state index in [1.807, 2.05) is 6.07 Å². The fourth-order valence-corrected chi connectivity index (χ4v) is 3.71. The SMILES string of the molecule is CCC(=O)c1cc(C(=O)Cc2cnn(C)c2)cc2c1OC[C@H]2c1ccc(F)cc1. The average molecular weight is 392 g/mol. The molecular weight excluding hydrogens is 371 g/mol. The van der Waals surface area contributed by atoms with Crippen molar-refractivity contribution in [3.8, 4) is 5.75 Å². The maximum absolute atomic E-state index is 13.3. The number of halogens is 1. The van der Waals surface area contributed by atoms with Crippen molar-refractivity contribution in [3.05, 3.63) is 82.4 Å². The molecule has 148 valence electrons. The first-order chi connectivity index (χ1) is 14.0. The first-order valence-electron chi connectivity index (χ1n) is 9.56. The third-order valence-electron chi connectivity index (χ3n) is 5.23. The summed E-state index contributed by atoms with van der Waals surface area (Å²) < 4.78 is 20.9. The van der Waals surface area contributed by atoms with Gasteiger partial charge in [-0.25, -0.2) is 4.39 Å². The van der Waals surface area contributed by atoms with Gasteiger partial charge in [-0.05, 0) is 35.4 Å². The van der Waals surface area contributed by atoms with Gasteiger partial charge in [0, 0.05) is 43.1 Å². The minimum absolute atomic E-state index is 0.0722. The van der Waals surface area contributed by atoms with E-state index in [-0.39, 0.29) is 29.7 Å². The number of hydrogen-bond acceptors (Lipinski definition) is 4. The number of hydrogen-bond donors (Lipinski definition) is 0. The van der Waals surface area contributed by atoms with Gasteiger partial charge >= 0.3 is 0 Å². The van der Waals surface area contributed by atoms with Crippen LogP contribution in [0.3, 0.4) is 0 Å². The number of ether oxygens (including phenoxy) is 1. The predicted octanol–water partition coefficient (Wildman–Crippen LogP) is 4.10. The number of benzene rings is 2. The summed E-state index contributed by atoms with van der Waals surface area (Å²) in [5.74, 6) is -0.0906. The summed E-state index contributed by atoms with van der Waals surface area (Å²) in [4.78, 5) is 25.5. The second-order valence-corrected chi connectivity index (χ2v) is 7.26. The van der Waals surface area contributed by atoms with Crippen molar-refractivity contribution < 1.29 is 18.7 Å². The van der Waals surface area contributed by atoms with Crippen LogP contribution in [0.1, 0.15) is 56.7 Å². The monoisotopic (exact) mass is 392 g/mol. The third-order valence-corrected chi connectivity index (χ3v) is 5.23. The molecule has 0 radical (unpaired) electrons. The van der Waals surface area contributed by atoms with Crippen molar-refractivity contribution in [3.63, 3.8) is 0 Å². The van der Waals surface area contributed by atoms with Crippen LogP contribution >= 0.6 is 0 Å². The van der Waals surface area contributed by atoms with Gasteiger partial charge in [-0.1, -0.05) is 19.1 Å². The number of carbonyl (C=O) groups excluding carboxylic acids is 2. The first-order valence-corrected chi connectivity index (χ1v) is 9.56. The number of nitrogens with zero attached hydrogens (tertiary/aromatic N) is 2. The molecule has 0 fully saturated rings. The van der Waals surface area contributed by atoms with Crippen LogP contribution in [0.4, 0.5) is 4.39 Å². The minimum atomic E-state index is -0.310. The van der Waals surface area contributed by atoms with E-state index in [9.17, 15) is 14.0 Å². The molecule has 0 unspecified atom stereocenters. The standard InChI is InChI=1S/C23H21FN2O3/c1-3-21(27)19-10-16(22(28)8-14-11-25-26(2)12-14)9-18-20(13-29-23(18)19)15-4-6-17(24)7-5-15/h4-7,9-12,20H,3,8,13H2,1-2H3/t20-/m0/s1. The van der Waals surface area contributed by atoms with Gasteiger partial charge in [0.2, 0.25) is 0 Å². The molecule has 6 heteroatoms. The van der Waals surface area contributed by atoms with E-state index in [4.69, 9.17) is 4.74 Å². The molecule has 0 saturated carbocycles. The summed E-state index contributed by atoms with van der Waals surface area (Å²) in [7, 11) is 1.80. The molecule has 2 heterocycles. The minimum Gasteiger partial charge on any atom is -0.492 e. The van der Waals surface area contributed by atoms with Crippen LogP contribution < -0.4 is 4.74 Å². The van der Waals surface area contributed by atoms with Crippen molar-refractivity contribution in [1.29, 1.82) is 0 Å². The quantitative estimate of drug-likeness (QED) is 0.593. The highest BCUT2D eigenvalue weighted by atomic mass is 19.1. The zero-order chi connectivity index (χ0) is 20.5. The summed E-state index contributed by atoms with van der Waals surface area (Å²) in [5, 5.41) is 4.10. The van der Waals surface area contributed by atoms with E-state index in [0.717, 1.165) is 16.7 Å². The number of aromatic nitrogens is 2. The molecule has 0 amide bonds. The van der Waals surface area contributed by atoms with Crippen molar-refractivity contribution in [1.82, 2.24) is 9.78 Å². The van der Waals surface area contributed by atoms with Gasteiger partial charge in [0.05, 0.1) is 18.4 Å². The topological polar surface area (TPSA) is 61.2 Å². The zero-order valence-corrected chi connectivity index (χ0v) is 16.3. The third kappa shape index (κ3) is 3.70. The smallest absolute Gasteiger partial charge is 0.167 e. The summed E-state index contributed by atoms with van der Waals surface area (Å²) in [6, 6.07) is 9.68. The van der Waals surface area contributed by atoms with E-state index < -0.39 is 0 Å². The molecule has 2 aromatic carbocycles. The molecule has 0 N–H and O–H groups in total. The number of aryl methyl sites for hydroxylation is 1. The molecule has 1 aromatic heterocycles. The van der Waals surface area contributed by atoms with Gasteiger partial charge in [-0.2, -0.15) is 5.10 Å². The molecule has 4 rings (SSSR count). The fourth-order valence-electron chi connectivity index (χ4n) is 3.71. The second kappa shape index (κ2) is 7.62. The van der Waals surface area contributed by atoms with Crippen molar-refractivity contribution >= 4 is 11.6 Å². The predicted molar refractivity (Wildman–Crippen MR) is 106 cm³/mol. The Morgan fingerprint density at radius 2 is 1.97 bits per heavy atom. The summed E-state index contributed by atoms with van der Waals surface area (Å²) in [6.45, 7) is 2.14. The molecule has 3 aromatic rings. The summed E-state index contributed by atoms with van der Waals surface area (Å²) in [5.41, 5.74) is 3.40. The van der Waals surface area contributed by atoms with Gasteiger partial charge in [0.25, 0.3) is 0 Å². The van der Waals surface area contributed by atoms with Crippen molar-refractivity contribution in [2.24, 2.45) is 7.05 Å². The van der Waals surface area contributed by atoms with E-state index in [1.54, 1.807) is 49.2 Å². The van der Waals surface area contributed by atoms with E-state index in [1.165, 1.54) is 12.1 Å². The Balaban J connectivity index is 1.75. The summed E-state index contributed by atoms with van der Waals surface area (Å²) >= 11 is 0. The second-order valence-electron chi connectivity index (χ2n) is 7.26. The van der Waals surface area contributed by atoms with Gasteiger partial charge in [0.15, 0.2) is 11.6 Å². The molecule has 29 heavy (non-hydrogen) atoms. The average Bonchev–Trinajstić information content (AvgIpc) is 3.33. The number of Topliss-reactive ketones (excluding diaryl/α,β-unsaturated/α-hetero) is 2. The Morgan fingerprint density at radius 1 is 1.21 bits per heavy atom. The number of carbonyl (C=O) groups is 2. The summed E-state index contributed by atoms with van der Waals surface area (Å²) in [6.07, 6.45) is 3.98. The van der Waals surface area contributed by atoms with Crippen LogP contribution in [0.5, 0.6) is 5.75 Å². The fraction of sp³-hybridized carbons (Fsp3) is 0.261. The lowest BCUT2D eigenvalue weighted by Crippen LogP contribution is -2.08. The van der Waals surface area contributed by atoms with Gasteiger partial charge in [0.1, 0.15) is 11.6 Å². The maximum atomic E-state index is 13.3. The van der Waals surface area contributed by atoms with Crippen LogP contribution in [0, 0.1) is 5.82 Å². The lowest BCUT2D eigenvalue weighted by atomic mass is 9.88. The molecule has 5 nitrogen and oxygen atoms in total. The first kappa shape index (κ1) is 19.1. The van der Waals surface area contributed by atoms with Gasteiger partial charge in [-0.3, -0.25) is 14.3 Å². The Hall–Kier alpha value is -3.28. The molecule has 0 bridgehead atoms. The normalized spacial score (nSPS) is 15.1. The van der Waals surface area contributed by atoms with Crippen LogP contribution in [0.25, 0.3) is 0 Å². The molecule has 1 aliphatic heterocycles. The highest BCUT2D eigenvalue weighted by molar-refractivity contribution is 6.04. The molecule has 1 aliphatic rings. The molecular formula is C23H21FN2O3. The number of ketones is 2. The highest BCUT2D eigenvalue weighted by Gasteiger charge is 2.31. The largest absolute Gasteiger partial charge is 0.492 e. The Morgan fingerprint density at radius 3 is 2.62 bits per heavy atom. The molecule has 1 atom stereocenters. The highest BCUT2D eigenvalue weighted by Crippen LogP contribution is 2.42. The van der Waals surface area contributed by atoms with Crippen molar-refractivity contribution in [2.45, 2.75) is 25.7 Å². The Kier molecular flexibility index (Phi) is 5.01. The maximum Gasteiger partial charge on any atom is 0.167 e. The number of fused-ring (bicyclic) bond motifs is 1.